The largest absolute Gasteiger partial charge is 0.449 e. The third kappa shape index (κ3) is 5.28. The minimum absolute atomic E-state index is 0.0975. The molecule has 0 bridgehead atoms. The van der Waals surface area contributed by atoms with Gasteiger partial charge in [0.2, 0.25) is 0 Å². The van der Waals surface area contributed by atoms with Crippen molar-refractivity contribution in [1.29, 1.82) is 0 Å². The van der Waals surface area contributed by atoms with Crippen LogP contribution in [-0.4, -0.2) is 54.1 Å². The fraction of sp³-hybridized carbons (Fsp3) is 0.600. The standard InChI is InChI=1S/C20H26N2O6/c23-19(21-10-12-27-13-11-21)18(14-15-4-2-1-3-5-15)28-20(24)16-6-8-17(9-7-16)22(25)26/h6-9,15,18H,1-5,10-14H2/t18-/m0/s1. The van der Waals surface area contributed by atoms with E-state index >= 15 is 0 Å². The molecular weight excluding hydrogens is 364 g/mol. The van der Waals surface area contributed by atoms with Crippen LogP contribution < -0.4 is 0 Å². The van der Waals surface area contributed by atoms with Crippen LogP contribution in [0, 0.1) is 16.0 Å². The Morgan fingerprint density at radius 1 is 1.14 bits per heavy atom. The molecule has 8 nitrogen and oxygen atoms in total. The maximum absolute atomic E-state index is 13.0. The Morgan fingerprint density at radius 3 is 2.39 bits per heavy atom. The Kier molecular flexibility index (Phi) is 6.97. The zero-order valence-electron chi connectivity index (χ0n) is 15.9. The van der Waals surface area contributed by atoms with Gasteiger partial charge in [-0.1, -0.05) is 32.1 Å². The summed E-state index contributed by atoms with van der Waals surface area (Å²) in [5.41, 5.74) is 0.105. The van der Waals surface area contributed by atoms with Crippen molar-refractivity contribution in [2.24, 2.45) is 5.92 Å². The van der Waals surface area contributed by atoms with Gasteiger partial charge >= 0.3 is 5.97 Å². The molecule has 1 atom stereocenters. The van der Waals surface area contributed by atoms with Crippen molar-refractivity contribution in [3.8, 4) is 0 Å². The van der Waals surface area contributed by atoms with E-state index in [1.165, 1.54) is 30.7 Å². The fourth-order valence-electron chi connectivity index (χ4n) is 3.83. The van der Waals surface area contributed by atoms with E-state index in [2.05, 4.69) is 0 Å². The lowest BCUT2D eigenvalue weighted by atomic mass is 9.85. The summed E-state index contributed by atoms with van der Waals surface area (Å²) in [6, 6.07) is 5.24. The van der Waals surface area contributed by atoms with Crippen molar-refractivity contribution >= 4 is 17.6 Å². The number of esters is 1. The van der Waals surface area contributed by atoms with Gasteiger partial charge in [0.05, 0.1) is 23.7 Å². The average molecular weight is 390 g/mol. The number of carbonyl (C=O) groups is 2. The van der Waals surface area contributed by atoms with Crippen molar-refractivity contribution in [1.82, 2.24) is 4.90 Å². The van der Waals surface area contributed by atoms with Crippen LogP contribution in [0.3, 0.4) is 0 Å². The number of nitrogens with zero attached hydrogens (tertiary/aromatic N) is 2. The summed E-state index contributed by atoms with van der Waals surface area (Å²) < 4.78 is 10.9. The highest BCUT2D eigenvalue weighted by Crippen LogP contribution is 2.29. The quantitative estimate of drug-likeness (QED) is 0.421. The number of hydrogen-bond donors (Lipinski definition) is 0. The summed E-state index contributed by atoms with van der Waals surface area (Å²) in [5.74, 6) is -0.435. The first-order valence-electron chi connectivity index (χ1n) is 9.86. The van der Waals surface area contributed by atoms with Crippen LogP contribution in [-0.2, 0) is 14.3 Å². The van der Waals surface area contributed by atoms with Crippen LogP contribution in [0.2, 0.25) is 0 Å². The Morgan fingerprint density at radius 2 is 1.79 bits per heavy atom. The second-order valence-electron chi connectivity index (χ2n) is 7.38. The molecular formula is C20H26N2O6. The molecule has 0 radical (unpaired) electrons. The number of hydrogen-bond acceptors (Lipinski definition) is 6. The van der Waals surface area contributed by atoms with Gasteiger partial charge in [0, 0.05) is 25.2 Å². The third-order valence-electron chi connectivity index (χ3n) is 5.43. The summed E-state index contributed by atoms with van der Waals surface area (Å²) in [7, 11) is 0. The van der Waals surface area contributed by atoms with Gasteiger partial charge in [-0.3, -0.25) is 14.9 Å². The number of benzene rings is 1. The molecule has 8 heteroatoms. The van der Waals surface area contributed by atoms with E-state index < -0.39 is 17.0 Å². The van der Waals surface area contributed by atoms with Crippen molar-refractivity contribution in [3.05, 3.63) is 39.9 Å². The summed E-state index contributed by atoms with van der Waals surface area (Å²) in [5, 5.41) is 10.8. The highest BCUT2D eigenvalue weighted by atomic mass is 16.6. The lowest BCUT2D eigenvalue weighted by Crippen LogP contribution is -2.47. The molecule has 1 saturated heterocycles. The van der Waals surface area contributed by atoms with Crippen LogP contribution >= 0.6 is 0 Å². The van der Waals surface area contributed by atoms with Gasteiger partial charge in [-0.15, -0.1) is 0 Å². The number of rotatable bonds is 6. The molecule has 2 aliphatic rings. The molecule has 1 aliphatic heterocycles. The number of carbonyl (C=O) groups excluding carboxylic acids is 2. The van der Waals surface area contributed by atoms with E-state index in [-0.39, 0.29) is 17.2 Å². The number of morpholine rings is 1. The monoisotopic (exact) mass is 390 g/mol. The lowest BCUT2D eigenvalue weighted by molar-refractivity contribution is -0.384. The highest BCUT2D eigenvalue weighted by Gasteiger charge is 2.32. The van der Waals surface area contributed by atoms with Gasteiger partial charge in [-0.2, -0.15) is 0 Å². The van der Waals surface area contributed by atoms with Gasteiger partial charge in [0.15, 0.2) is 6.10 Å². The summed E-state index contributed by atoms with van der Waals surface area (Å²) in [6.07, 6.45) is 5.27. The van der Waals surface area contributed by atoms with Crippen LogP contribution in [0.15, 0.2) is 24.3 Å². The maximum Gasteiger partial charge on any atom is 0.338 e. The lowest BCUT2D eigenvalue weighted by Gasteiger charge is -2.32. The topological polar surface area (TPSA) is 99.0 Å². The zero-order valence-corrected chi connectivity index (χ0v) is 15.9. The molecule has 2 fully saturated rings. The predicted octanol–water partition coefficient (Wildman–Crippen LogP) is 2.95. The normalized spacial score (nSPS) is 19.1. The first kappa shape index (κ1) is 20.3. The minimum atomic E-state index is -0.830. The second kappa shape index (κ2) is 9.64. The molecule has 28 heavy (non-hydrogen) atoms. The Hall–Kier alpha value is -2.48. The number of nitro benzene ring substituents is 1. The molecule has 1 aromatic carbocycles. The number of nitro groups is 1. The predicted molar refractivity (Wildman–Crippen MR) is 101 cm³/mol. The van der Waals surface area contributed by atoms with E-state index in [1.807, 2.05) is 0 Å². The van der Waals surface area contributed by atoms with Gasteiger partial charge in [0.25, 0.3) is 11.6 Å². The Bertz CT molecular complexity index is 693. The van der Waals surface area contributed by atoms with E-state index in [9.17, 15) is 19.7 Å². The molecule has 1 aromatic rings. The molecule has 0 unspecified atom stereocenters. The molecule has 1 heterocycles. The minimum Gasteiger partial charge on any atom is -0.449 e. The molecule has 1 amide bonds. The van der Waals surface area contributed by atoms with Crippen LogP contribution in [0.1, 0.15) is 48.9 Å². The molecule has 3 rings (SSSR count). The number of ether oxygens (including phenoxy) is 2. The summed E-state index contributed by atoms with van der Waals surface area (Å²) in [4.78, 5) is 37.5. The third-order valence-corrected chi connectivity index (χ3v) is 5.43. The van der Waals surface area contributed by atoms with Crippen LogP contribution in [0.25, 0.3) is 0 Å². The first-order chi connectivity index (χ1) is 13.5. The zero-order chi connectivity index (χ0) is 19.9. The van der Waals surface area contributed by atoms with Crippen molar-refractivity contribution in [3.63, 3.8) is 0 Å². The smallest absolute Gasteiger partial charge is 0.338 e. The maximum atomic E-state index is 13.0. The van der Waals surface area contributed by atoms with Gasteiger partial charge in [0.1, 0.15) is 0 Å². The SMILES string of the molecule is O=C(O[C@@H](CC1CCCCC1)C(=O)N1CCOCC1)c1ccc([N+](=O)[O-])cc1. The molecule has 1 aliphatic carbocycles. The van der Waals surface area contributed by atoms with Crippen LogP contribution in [0.5, 0.6) is 0 Å². The summed E-state index contributed by atoms with van der Waals surface area (Å²) >= 11 is 0. The van der Waals surface area contributed by atoms with Gasteiger partial charge < -0.3 is 14.4 Å². The highest BCUT2D eigenvalue weighted by molar-refractivity contribution is 5.92. The van der Waals surface area contributed by atoms with Crippen molar-refractivity contribution in [2.45, 2.75) is 44.6 Å². The molecule has 0 spiro atoms. The first-order valence-corrected chi connectivity index (χ1v) is 9.86. The van der Waals surface area contributed by atoms with E-state index in [0.717, 1.165) is 25.7 Å². The number of amides is 1. The van der Waals surface area contributed by atoms with E-state index in [1.54, 1.807) is 4.90 Å². The Labute approximate surface area is 163 Å². The Balaban J connectivity index is 1.70. The molecule has 0 aromatic heterocycles. The molecule has 0 N–H and O–H groups in total. The van der Waals surface area contributed by atoms with Crippen molar-refractivity contribution in [2.75, 3.05) is 26.3 Å². The van der Waals surface area contributed by atoms with Gasteiger partial charge in [-0.05, 0) is 24.5 Å². The molecule has 1 saturated carbocycles. The fourth-order valence-corrected chi connectivity index (χ4v) is 3.83. The van der Waals surface area contributed by atoms with Gasteiger partial charge in [-0.25, -0.2) is 4.79 Å². The number of non-ortho nitro benzene ring substituents is 1. The molecule has 152 valence electrons. The van der Waals surface area contributed by atoms with Crippen LogP contribution in [0.4, 0.5) is 5.69 Å². The van der Waals surface area contributed by atoms with Crippen molar-refractivity contribution < 1.29 is 24.0 Å². The second-order valence-corrected chi connectivity index (χ2v) is 7.38. The summed E-state index contributed by atoms with van der Waals surface area (Å²) in [6.45, 7) is 1.96. The van der Waals surface area contributed by atoms with E-state index in [0.29, 0.717) is 38.6 Å². The average Bonchev–Trinajstić information content (AvgIpc) is 2.74. The van der Waals surface area contributed by atoms with E-state index in [4.69, 9.17) is 9.47 Å².